The van der Waals surface area contributed by atoms with Crippen LogP contribution in [-0.4, -0.2) is 45.8 Å². The number of aliphatic carboxylic acids is 1. The second kappa shape index (κ2) is 12.9. The number of aliphatic hydroxyl groups excluding tert-OH is 2. The normalized spacial score (nSPS) is 27.6. The maximum atomic E-state index is 10.5. The maximum absolute atomic E-state index is 10.5. The predicted molar refractivity (Wildman–Crippen MR) is 112 cm³/mol. The van der Waals surface area contributed by atoms with Gasteiger partial charge in [0.25, 0.3) is 0 Å². The van der Waals surface area contributed by atoms with Crippen molar-refractivity contribution in [3.8, 4) is 11.8 Å². The number of carboxylic acid groups (broad SMARTS) is 1. The van der Waals surface area contributed by atoms with Crippen molar-refractivity contribution in [1.82, 2.24) is 0 Å². The number of hydrogen-bond acceptors (Lipinski definition) is 5. The average Bonchev–Trinajstić information content (AvgIpc) is 2.92. The number of oxime groups is 1. The quantitative estimate of drug-likeness (QED) is 0.245. The van der Waals surface area contributed by atoms with Gasteiger partial charge < -0.3 is 20.2 Å². The average molecular weight is 408 g/mol. The molecule has 0 amide bonds. The first-order chi connectivity index (χ1) is 14.0. The number of fused-ring (bicyclic) bond motifs is 1. The largest absolute Gasteiger partial charge is 0.481 e. The second-order valence-electron chi connectivity index (χ2n) is 8.43. The van der Waals surface area contributed by atoms with Crippen LogP contribution in [0, 0.1) is 29.6 Å². The molecule has 0 aromatic heterocycles. The fourth-order valence-electron chi connectivity index (χ4n) is 4.29. The van der Waals surface area contributed by atoms with Gasteiger partial charge in [-0.25, -0.2) is 0 Å². The minimum Gasteiger partial charge on any atom is -0.481 e. The van der Waals surface area contributed by atoms with Crippen LogP contribution in [0.5, 0.6) is 0 Å². The predicted octanol–water partition coefficient (Wildman–Crippen LogP) is 3.75. The lowest BCUT2D eigenvalue weighted by molar-refractivity contribution is -0.137. The van der Waals surface area contributed by atoms with Crippen LogP contribution in [0.3, 0.4) is 0 Å². The SMILES string of the molecule is CCCCCCCCCC(O)C#CC1C(O)CC2C(=NOCCCC(=O)O)CC21. The Bertz CT molecular complexity index is 594. The van der Waals surface area contributed by atoms with Crippen LogP contribution in [0.4, 0.5) is 0 Å². The molecule has 0 heterocycles. The molecule has 2 rings (SSSR count). The topological polar surface area (TPSA) is 99.4 Å². The van der Waals surface area contributed by atoms with Gasteiger partial charge in [0.15, 0.2) is 0 Å². The van der Waals surface area contributed by atoms with E-state index < -0.39 is 18.2 Å². The van der Waals surface area contributed by atoms with Crippen molar-refractivity contribution in [2.24, 2.45) is 22.9 Å². The summed E-state index contributed by atoms with van der Waals surface area (Å²) in [5.41, 5.74) is 0.942. The molecule has 5 unspecified atom stereocenters. The lowest BCUT2D eigenvalue weighted by Crippen LogP contribution is -2.36. The van der Waals surface area contributed by atoms with Crippen molar-refractivity contribution in [2.45, 2.75) is 96.2 Å². The van der Waals surface area contributed by atoms with Gasteiger partial charge in [-0.05, 0) is 38.0 Å². The minimum absolute atomic E-state index is 0.0778. The van der Waals surface area contributed by atoms with Crippen LogP contribution >= 0.6 is 0 Å². The summed E-state index contributed by atoms with van der Waals surface area (Å²) in [7, 11) is 0. The number of hydrogen-bond donors (Lipinski definition) is 3. The summed E-state index contributed by atoms with van der Waals surface area (Å²) in [4.78, 5) is 15.7. The molecule has 2 saturated carbocycles. The Morgan fingerprint density at radius 1 is 1.21 bits per heavy atom. The van der Waals surface area contributed by atoms with Crippen molar-refractivity contribution < 1.29 is 25.0 Å². The van der Waals surface area contributed by atoms with Crippen LogP contribution in [0.15, 0.2) is 5.16 Å². The highest BCUT2D eigenvalue weighted by Gasteiger charge is 2.51. The zero-order valence-electron chi connectivity index (χ0n) is 17.7. The molecule has 6 nitrogen and oxygen atoms in total. The summed E-state index contributed by atoms with van der Waals surface area (Å²) in [5.74, 6) is 5.63. The van der Waals surface area contributed by atoms with E-state index >= 15 is 0 Å². The van der Waals surface area contributed by atoms with Crippen molar-refractivity contribution in [3.05, 3.63) is 0 Å². The van der Waals surface area contributed by atoms with Gasteiger partial charge in [0.1, 0.15) is 12.7 Å². The Labute approximate surface area is 174 Å². The Balaban J connectivity index is 1.65. The molecule has 0 aliphatic heterocycles. The maximum Gasteiger partial charge on any atom is 0.303 e. The third-order valence-electron chi connectivity index (χ3n) is 6.07. The van der Waals surface area contributed by atoms with Crippen molar-refractivity contribution in [1.29, 1.82) is 0 Å². The number of rotatable bonds is 13. The van der Waals surface area contributed by atoms with E-state index in [2.05, 4.69) is 23.9 Å². The van der Waals surface area contributed by atoms with Gasteiger partial charge in [0.05, 0.1) is 17.7 Å². The summed E-state index contributed by atoms with van der Waals surface area (Å²) in [6.07, 6.45) is 10.0. The zero-order chi connectivity index (χ0) is 21.1. The molecular formula is C23H37NO5. The van der Waals surface area contributed by atoms with Crippen molar-refractivity contribution in [3.63, 3.8) is 0 Å². The van der Waals surface area contributed by atoms with Crippen LogP contribution in [0.1, 0.15) is 84.0 Å². The molecule has 164 valence electrons. The summed E-state index contributed by atoms with van der Waals surface area (Å²) < 4.78 is 0. The molecule has 3 N–H and O–H groups in total. The first kappa shape index (κ1) is 23.7. The van der Waals surface area contributed by atoms with Crippen LogP contribution in [0.2, 0.25) is 0 Å². The summed E-state index contributed by atoms with van der Waals surface area (Å²) in [5, 5.41) is 33.2. The molecule has 0 radical (unpaired) electrons. The van der Waals surface area contributed by atoms with Crippen molar-refractivity contribution >= 4 is 11.7 Å². The summed E-state index contributed by atoms with van der Waals surface area (Å²) in [6, 6.07) is 0. The number of carbonyl (C=O) groups is 1. The summed E-state index contributed by atoms with van der Waals surface area (Å²) >= 11 is 0. The lowest BCUT2D eigenvalue weighted by atomic mass is 9.71. The number of unbranched alkanes of at least 4 members (excludes halogenated alkanes) is 6. The fourth-order valence-corrected chi connectivity index (χ4v) is 4.29. The van der Waals surface area contributed by atoms with Gasteiger partial charge in [0, 0.05) is 12.3 Å². The van der Waals surface area contributed by atoms with Gasteiger partial charge in [-0.3, -0.25) is 4.79 Å². The van der Waals surface area contributed by atoms with E-state index in [0.717, 1.165) is 25.0 Å². The van der Waals surface area contributed by atoms with Crippen LogP contribution in [0.25, 0.3) is 0 Å². The third kappa shape index (κ3) is 7.98. The second-order valence-corrected chi connectivity index (χ2v) is 8.43. The van der Waals surface area contributed by atoms with Crippen LogP contribution in [-0.2, 0) is 9.63 Å². The van der Waals surface area contributed by atoms with E-state index in [1.54, 1.807) is 0 Å². The fraction of sp³-hybridized carbons (Fsp3) is 0.826. The van der Waals surface area contributed by atoms with E-state index in [1.165, 1.54) is 32.1 Å². The van der Waals surface area contributed by atoms with Gasteiger partial charge in [-0.2, -0.15) is 0 Å². The standard InChI is InChI=1S/C23H37NO5/c1-2-3-4-5-6-7-8-10-17(25)12-13-18-19-15-21(20(19)16-22(18)26)24-29-14-9-11-23(27)28/h17-20,22,25-26H,2-11,14-16H2,1H3,(H,27,28). The van der Waals surface area contributed by atoms with E-state index in [4.69, 9.17) is 9.94 Å². The summed E-state index contributed by atoms with van der Waals surface area (Å²) in [6.45, 7) is 2.51. The molecule has 0 spiro atoms. The molecule has 29 heavy (non-hydrogen) atoms. The lowest BCUT2D eigenvalue weighted by Gasteiger charge is -2.33. The van der Waals surface area contributed by atoms with E-state index in [1.807, 2.05) is 0 Å². The molecule has 5 atom stereocenters. The first-order valence-corrected chi connectivity index (χ1v) is 11.3. The number of nitrogens with zero attached hydrogens (tertiary/aromatic N) is 1. The van der Waals surface area contributed by atoms with Gasteiger partial charge >= 0.3 is 5.97 Å². The molecule has 2 fully saturated rings. The highest BCUT2D eigenvalue weighted by molar-refractivity contribution is 5.93. The highest BCUT2D eigenvalue weighted by atomic mass is 16.6. The molecule has 6 heteroatoms. The smallest absolute Gasteiger partial charge is 0.303 e. The van der Waals surface area contributed by atoms with Crippen LogP contribution < -0.4 is 0 Å². The molecule has 0 aromatic rings. The van der Waals surface area contributed by atoms with E-state index in [-0.39, 0.29) is 24.2 Å². The molecular weight excluding hydrogens is 370 g/mol. The first-order valence-electron chi connectivity index (χ1n) is 11.3. The molecule has 0 saturated heterocycles. The van der Waals surface area contributed by atoms with Gasteiger partial charge in [-0.1, -0.05) is 62.4 Å². The third-order valence-corrected chi connectivity index (χ3v) is 6.07. The zero-order valence-corrected chi connectivity index (χ0v) is 17.7. The van der Waals surface area contributed by atoms with Crippen molar-refractivity contribution in [2.75, 3.05) is 6.61 Å². The minimum atomic E-state index is -0.834. The molecule has 0 aromatic carbocycles. The van der Waals surface area contributed by atoms with E-state index in [9.17, 15) is 15.0 Å². The Hall–Kier alpha value is -1.58. The molecule has 2 aliphatic rings. The monoisotopic (exact) mass is 407 g/mol. The van der Waals surface area contributed by atoms with E-state index in [0.29, 0.717) is 25.9 Å². The number of carboxylic acids is 1. The number of aliphatic hydroxyl groups is 2. The Kier molecular flexibility index (Phi) is 10.5. The molecule has 2 aliphatic carbocycles. The Morgan fingerprint density at radius 3 is 2.66 bits per heavy atom. The van der Waals surface area contributed by atoms with Gasteiger partial charge in [-0.15, -0.1) is 0 Å². The van der Waals surface area contributed by atoms with Gasteiger partial charge in [0.2, 0.25) is 0 Å². The Morgan fingerprint density at radius 2 is 1.93 bits per heavy atom. The highest BCUT2D eigenvalue weighted by Crippen LogP contribution is 2.48. The molecule has 0 bridgehead atoms.